The summed E-state index contributed by atoms with van der Waals surface area (Å²) in [5, 5.41) is 4.82. The number of unbranched alkanes of at least 4 members (excludes halogenated alkanes) is 9. The van der Waals surface area contributed by atoms with Crippen LogP contribution in [0.15, 0.2) is 35.7 Å². The first kappa shape index (κ1) is 29.1. The van der Waals surface area contributed by atoms with Gasteiger partial charge < -0.3 is 10.1 Å². The van der Waals surface area contributed by atoms with Gasteiger partial charge in [-0.1, -0.05) is 89.3 Å². The van der Waals surface area contributed by atoms with Crippen LogP contribution in [0, 0.1) is 5.92 Å². The number of hydrogen-bond acceptors (Lipinski definition) is 5. The van der Waals surface area contributed by atoms with Crippen molar-refractivity contribution in [2.45, 2.75) is 84.5 Å². The van der Waals surface area contributed by atoms with Gasteiger partial charge in [-0.15, -0.1) is 11.3 Å². The van der Waals surface area contributed by atoms with E-state index in [1.807, 2.05) is 0 Å². The second-order valence-corrected chi connectivity index (χ2v) is 10.2. The fourth-order valence-corrected chi connectivity index (χ4v) is 4.77. The van der Waals surface area contributed by atoms with E-state index in [1.54, 1.807) is 36.6 Å². The maximum atomic E-state index is 12.8. The number of carbonyl (C=O) groups is 3. The molecule has 0 aliphatic rings. The average Bonchev–Trinajstić information content (AvgIpc) is 3.39. The number of anilines is 1. The van der Waals surface area contributed by atoms with Gasteiger partial charge in [-0.25, -0.2) is 4.79 Å². The van der Waals surface area contributed by atoms with Gasteiger partial charge in [0.2, 0.25) is 5.91 Å². The topological polar surface area (TPSA) is 72.5 Å². The first-order chi connectivity index (χ1) is 17.0. The molecule has 0 bridgehead atoms. The number of benzene rings is 1. The van der Waals surface area contributed by atoms with Crippen molar-refractivity contribution >= 4 is 46.3 Å². The standard InChI is InChI=1S/C28H38ClNO4S/c1-3-5-6-7-8-9-10-11-12-13-18-34-28(33)21-16-17-23(29)24(20-21)30-27(32)22(4-2)26(31)25-15-14-19-35-25/h14-17,19-20,22H,3-13,18H2,1-2H3,(H,30,32). The Kier molecular flexibility index (Phi) is 13.7. The predicted molar refractivity (Wildman–Crippen MR) is 145 cm³/mol. The van der Waals surface area contributed by atoms with Crippen LogP contribution >= 0.6 is 22.9 Å². The van der Waals surface area contributed by atoms with E-state index in [0.717, 1.165) is 19.3 Å². The van der Waals surface area contributed by atoms with Gasteiger partial charge >= 0.3 is 5.97 Å². The summed E-state index contributed by atoms with van der Waals surface area (Å²) in [6.07, 6.45) is 12.5. The first-order valence-electron chi connectivity index (χ1n) is 12.8. The molecule has 0 saturated heterocycles. The Bertz CT molecular complexity index is 929. The number of esters is 1. The minimum absolute atomic E-state index is 0.219. The summed E-state index contributed by atoms with van der Waals surface area (Å²) in [6.45, 7) is 4.39. The molecule has 1 N–H and O–H groups in total. The summed E-state index contributed by atoms with van der Waals surface area (Å²) in [4.78, 5) is 38.5. The lowest BCUT2D eigenvalue weighted by Gasteiger charge is -2.15. The number of rotatable bonds is 17. The zero-order valence-corrected chi connectivity index (χ0v) is 22.5. The highest BCUT2D eigenvalue weighted by molar-refractivity contribution is 7.12. The van der Waals surface area contributed by atoms with E-state index in [1.165, 1.54) is 62.3 Å². The van der Waals surface area contributed by atoms with Crippen molar-refractivity contribution < 1.29 is 19.1 Å². The van der Waals surface area contributed by atoms with E-state index in [0.29, 0.717) is 34.2 Å². The molecule has 0 aliphatic heterocycles. The van der Waals surface area contributed by atoms with Crippen molar-refractivity contribution in [3.05, 3.63) is 51.2 Å². The lowest BCUT2D eigenvalue weighted by atomic mass is 9.98. The minimum atomic E-state index is -0.823. The number of ketones is 1. The molecule has 7 heteroatoms. The zero-order valence-electron chi connectivity index (χ0n) is 20.9. The summed E-state index contributed by atoms with van der Waals surface area (Å²) >= 11 is 7.55. The molecule has 2 rings (SSSR count). The number of carbonyl (C=O) groups excluding carboxylic acids is 3. The quantitative estimate of drug-likeness (QED) is 0.0986. The third-order valence-electron chi connectivity index (χ3n) is 6.00. The molecule has 1 aromatic carbocycles. The Labute approximate surface area is 218 Å². The summed E-state index contributed by atoms with van der Waals surface area (Å²) in [6, 6.07) is 8.12. The van der Waals surface area contributed by atoms with Crippen LogP contribution in [0.4, 0.5) is 5.69 Å². The smallest absolute Gasteiger partial charge is 0.338 e. The van der Waals surface area contributed by atoms with Crippen molar-refractivity contribution in [3.63, 3.8) is 0 Å². The van der Waals surface area contributed by atoms with Crippen LogP contribution in [0.2, 0.25) is 5.02 Å². The Morgan fingerprint density at radius 2 is 1.60 bits per heavy atom. The van der Waals surface area contributed by atoms with Crippen molar-refractivity contribution in [1.29, 1.82) is 0 Å². The highest BCUT2D eigenvalue weighted by Gasteiger charge is 2.27. The molecule has 0 aliphatic carbocycles. The Hall–Kier alpha value is -2.18. The normalized spacial score (nSPS) is 11.7. The molecule has 1 aromatic heterocycles. The molecule has 1 atom stereocenters. The average molecular weight is 520 g/mol. The molecule has 1 unspecified atom stereocenters. The monoisotopic (exact) mass is 519 g/mol. The van der Waals surface area contributed by atoms with Crippen LogP contribution in [0.3, 0.4) is 0 Å². The minimum Gasteiger partial charge on any atom is -0.462 e. The number of Topliss-reactive ketones (excluding diaryl/α,β-unsaturated/α-hetero) is 1. The van der Waals surface area contributed by atoms with Gasteiger partial charge in [0.25, 0.3) is 0 Å². The number of amides is 1. The summed E-state index contributed by atoms with van der Waals surface area (Å²) < 4.78 is 5.41. The molecule has 2 aromatic rings. The van der Waals surface area contributed by atoms with E-state index in [-0.39, 0.29) is 5.78 Å². The van der Waals surface area contributed by atoms with Crippen molar-refractivity contribution in [3.8, 4) is 0 Å². The molecule has 0 fully saturated rings. The second-order valence-electron chi connectivity index (χ2n) is 8.80. The molecule has 1 heterocycles. The van der Waals surface area contributed by atoms with Crippen molar-refractivity contribution in [1.82, 2.24) is 0 Å². The second kappa shape index (κ2) is 16.5. The van der Waals surface area contributed by atoms with Crippen LogP contribution < -0.4 is 5.32 Å². The van der Waals surface area contributed by atoms with Crippen LogP contribution in [0.25, 0.3) is 0 Å². The van der Waals surface area contributed by atoms with E-state index < -0.39 is 17.8 Å². The molecule has 35 heavy (non-hydrogen) atoms. The molecule has 192 valence electrons. The predicted octanol–water partition coefficient (Wildman–Crippen LogP) is 8.33. The maximum absolute atomic E-state index is 12.8. The Balaban J connectivity index is 1.77. The fourth-order valence-electron chi connectivity index (χ4n) is 3.89. The van der Waals surface area contributed by atoms with E-state index in [2.05, 4.69) is 12.2 Å². The van der Waals surface area contributed by atoms with Crippen LogP contribution in [0.5, 0.6) is 0 Å². The molecular formula is C28H38ClNO4S. The van der Waals surface area contributed by atoms with Gasteiger partial charge in [0.1, 0.15) is 5.92 Å². The lowest BCUT2D eigenvalue weighted by Crippen LogP contribution is -2.29. The Morgan fingerprint density at radius 3 is 2.20 bits per heavy atom. The zero-order chi connectivity index (χ0) is 25.5. The molecule has 0 radical (unpaired) electrons. The number of hydrogen-bond donors (Lipinski definition) is 1. The summed E-state index contributed by atoms with van der Waals surface area (Å²) in [7, 11) is 0. The van der Waals surface area contributed by atoms with Crippen LogP contribution in [-0.2, 0) is 9.53 Å². The van der Waals surface area contributed by atoms with Crippen LogP contribution in [-0.4, -0.2) is 24.3 Å². The third kappa shape index (κ3) is 10.1. The van der Waals surface area contributed by atoms with Gasteiger partial charge in [-0.05, 0) is 42.5 Å². The molecule has 0 saturated carbocycles. The van der Waals surface area contributed by atoms with Gasteiger partial charge in [-0.2, -0.15) is 0 Å². The van der Waals surface area contributed by atoms with Gasteiger partial charge in [-0.3, -0.25) is 9.59 Å². The van der Waals surface area contributed by atoms with Crippen molar-refractivity contribution in [2.24, 2.45) is 5.92 Å². The maximum Gasteiger partial charge on any atom is 0.338 e. The number of thiophene rings is 1. The number of halogens is 1. The van der Waals surface area contributed by atoms with Crippen LogP contribution in [0.1, 0.15) is 105 Å². The van der Waals surface area contributed by atoms with Crippen molar-refractivity contribution in [2.75, 3.05) is 11.9 Å². The molecular weight excluding hydrogens is 482 g/mol. The summed E-state index contributed by atoms with van der Waals surface area (Å²) in [5.74, 6) is -1.93. The number of ether oxygens (including phenoxy) is 1. The van der Waals surface area contributed by atoms with Gasteiger partial charge in [0.05, 0.1) is 27.8 Å². The lowest BCUT2D eigenvalue weighted by molar-refractivity contribution is -0.118. The molecule has 0 spiro atoms. The van der Waals surface area contributed by atoms with E-state index in [4.69, 9.17) is 16.3 Å². The largest absolute Gasteiger partial charge is 0.462 e. The SMILES string of the molecule is CCCCCCCCCCCCOC(=O)c1ccc(Cl)c(NC(=O)C(CC)C(=O)c2cccs2)c1. The Morgan fingerprint density at radius 1 is 0.943 bits per heavy atom. The van der Waals surface area contributed by atoms with Gasteiger partial charge in [0, 0.05) is 0 Å². The molecule has 1 amide bonds. The first-order valence-corrected chi connectivity index (χ1v) is 14.1. The summed E-state index contributed by atoms with van der Waals surface area (Å²) in [5.41, 5.74) is 0.608. The van der Waals surface area contributed by atoms with E-state index in [9.17, 15) is 14.4 Å². The highest BCUT2D eigenvalue weighted by atomic mass is 35.5. The third-order valence-corrected chi connectivity index (χ3v) is 7.21. The van der Waals surface area contributed by atoms with E-state index >= 15 is 0 Å². The number of nitrogens with one attached hydrogen (secondary N) is 1. The fraction of sp³-hybridized carbons (Fsp3) is 0.536. The van der Waals surface area contributed by atoms with Gasteiger partial charge in [0.15, 0.2) is 5.78 Å². The molecule has 5 nitrogen and oxygen atoms in total. The highest BCUT2D eigenvalue weighted by Crippen LogP contribution is 2.26.